The van der Waals surface area contributed by atoms with Gasteiger partial charge in [0.25, 0.3) is 0 Å². The zero-order valence-electron chi connectivity index (χ0n) is 12.9. The van der Waals surface area contributed by atoms with Crippen molar-refractivity contribution in [3.05, 3.63) is 72.4 Å². The molecule has 2 heterocycles. The Morgan fingerprint density at radius 3 is 2.92 bits per heavy atom. The molecule has 4 aromatic rings. The lowest BCUT2D eigenvalue weighted by atomic mass is 10.1. The second-order valence-electron chi connectivity index (χ2n) is 5.52. The molecule has 2 aromatic carbocycles. The van der Waals surface area contributed by atoms with Gasteiger partial charge in [-0.1, -0.05) is 24.8 Å². The van der Waals surface area contributed by atoms with Crippen LogP contribution in [0.3, 0.4) is 0 Å². The van der Waals surface area contributed by atoms with Gasteiger partial charge in [-0.25, -0.2) is 4.98 Å². The number of thiophene rings is 1. The number of fused-ring (bicyclic) bond motifs is 1. The first-order valence-electron chi connectivity index (χ1n) is 7.53. The van der Waals surface area contributed by atoms with Crippen molar-refractivity contribution in [2.45, 2.75) is 0 Å². The number of aromatic nitrogens is 2. The topological polar surface area (TPSA) is 66.7 Å². The van der Waals surface area contributed by atoms with E-state index in [1.807, 2.05) is 36.4 Å². The zero-order valence-corrected chi connectivity index (χ0v) is 13.7. The summed E-state index contributed by atoms with van der Waals surface area (Å²) < 4.78 is 0. The lowest BCUT2D eigenvalue weighted by molar-refractivity contribution is 1.34. The number of nitrogen functional groups attached to an aromatic ring is 1. The number of imidazole rings is 1. The second-order valence-corrected chi connectivity index (χ2v) is 6.47. The average Bonchev–Trinajstić information content (AvgIpc) is 3.27. The summed E-state index contributed by atoms with van der Waals surface area (Å²) in [6, 6.07) is 16.1. The van der Waals surface area contributed by atoms with E-state index in [1.165, 1.54) is 4.88 Å². The van der Waals surface area contributed by atoms with E-state index >= 15 is 0 Å². The third kappa shape index (κ3) is 2.66. The van der Waals surface area contributed by atoms with Crippen molar-refractivity contribution in [1.29, 1.82) is 0 Å². The normalized spacial score (nSPS) is 10.8. The van der Waals surface area contributed by atoms with Gasteiger partial charge in [0.05, 0.1) is 28.7 Å². The van der Waals surface area contributed by atoms with Crippen LogP contribution in [0.4, 0.5) is 11.4 Å². The number of rotatable bonds is 4. The molecule has 4 rings (SSSR count). The van der Waals surface area contributed by atoms with E-state index in [2.05, 4.69) is 39.4 Å². The van der Waals surface area contributed by atoms with Crippen LogP contribution in [0.15, 0.2) is 66.8 Å². The quantitative estimate of drug-likeness (QED) is 0.463. The van der Waals surface area contributed by atoms with Crippen LogP contribution in [0.25, 0.3) is 27.2 Å². The number of anilines is 2. The molecule has 0 saturated heterocycles. The number of nitrogens with zero attached hydrogens (tertiary/aromatic N) is 1. The SMILES string of the molecule is C=C(Nc1cc(-c2cccs2)ccc1N)c1ccc2nc[nH]c2c1. The number of nitrogens with two attached hydrogens (primary N) is 1. The summed E-state index contributed by atoms with van der Waals surface area (Å²) in [5.74, 6) is 0. The molecule has 2 aromatic heterocycles. The van der Waals surface area contributed by atoms with Crippen molar-refractivity contribution in [2.75, 3.05) is 11.1 Å². The van der Waals surface area contributed by atoms with Gasteiger partial charge in [-0.05, 0) is 46.8 Å². The molecule has 0 aliphatic carbocycles. The van der Waals surface area contributed by atoms with Crippen LogP contribution in [0.1, 0.15) is 5.56 Å². The molecule has 0 saturated carbocycles. The fourth-order valence-corrected chi connectivity index (χ4v) is 3.34. The summed E-state index contributed by atoms with van der Waals surface area (Å²) >= 11 is 1.71. The van der Waals surface area contributed by atoms with Gasteiger partial charge in [0.15, 0.2) is 0 Å². The molecule has 5 heteroatoms. The van der Waals surface area contributed by atoms with Crippen molar-refractivity contribution in [1.82, 2.24) is 9.97 Å². The van der Waals surface area contributed by atoms with E-state index in [-0.39, 0.29) is 0 Å². The molecule has 4 N–H and O–H groups in total. The summed E-state index contributed by atoms with van der Waals surface area (Å²) in [7, 11) is 0. The third-order valence-electron chi connectivity index (χ3n) is 3.91. The average molecular weight is 332 g/mol. The molecule has 4 nitrogen and oxygen atoms in total. The minimum absolute atomic E-state index is 0.694. The number of hydrogen-bond acceptors (Lipinski definition) is 4. The van der Waals surface area contributed by atoms with Gasteiger partial charge in [-0.3, -0.25) is 0 Å². The van der Waals surface area contributed by atoms with Crippen LogP contribution in [0, 0.1) is 0 Å². The van der Waals surface area contributed by atoms with Crippen LogP contribution >= 0.6 is 11.3 Å². The lowest BCUT2D eigenvalue weighted by Crippen LogP contribution is -2.01. The Balaban J connectivity index is 1.64. The minimum Gasteiger partial charge on any atom is -0.397 e. The molecule has 118 valence electrons. The van der Waals surface area contributed by atoms with Crippen LogP contribution < -0.4 is 11.1 Å². The Kier molecular flexibility index (Phi) is 3.55. The summed E-state index contributed by atoms with van der Waals surface area (Å²) in [6.07, 6.45) is 1.69. The lowest BCUT2D eigenvalue weighted by Gasteiger charge is -2.13. The predicted molar refractivity (Wildman–Crippen MR) is 103 cm³/mol. The zero-order chi connectivity index (χ0) is 16.5. The third-order valence-corrected chi connectivity index (χ3v) is 4.83. The van der Waals surface area contributed by atoms with E-state index in [9.17, 15) is 0 Å². The van der Waals surface area contributed by atoms with Crippen molar-refractivity contribution in [3.63, 3.8) is 0 Å². The monoisotopic (exact) mass is 332 g/mol. The number of benzene rings is 2. The van der Waals surface area contributed by atoms with Crippen LogP contribution in [-0.4, -0.2) is 9.97 Å². The minimum atomic E-state index is 0.694. The Morgan fingerprint density at radius 1 is 1.17 bits per heavy atom. The van der Waals surface area contributed by atoms with Crippen molar-refractivity contribution >= 4 is 39.4 Å². The standard InChI is InChI=1S/C19H16N4S/c1-12(13-5-7-16-18(9-13)22-11-21-16)23-17-10-14(4-6-15(17)20)19-3-2-8-24-19/h2-11,23H,1,20H2,(H,21,22). The summed E-state index contributed by atoms with van der Waals surface area (Å²) in [6.45, 7) is 4.15. The smallest absolute Gasteiger partial charge is 0.0931 e. The van der Waals surface area contributed by atoms with Gasteiger partial charge in [0.1, 0.15) is 0 Å². The highest BCUT2D eigenvalue weighted by Crippen LogP contribution is 2.31. The number of hydrogen-bond donors (Lipinski definition) is 3. The molecule has 0 radical (unpaired) electrons. The highest BCUT2D eigenvalue weighted by Gasteiger charge is 2.07. The van der Waals surface area contributed by atoms with Gasteiger partial charge in [0, 0.05) is 10.6 Å². The highest BCUT2D eigenvalue weighted by molar-refractivity contribution is 7.13. The van der Waals surface area contributed by atoms with Crippen LogP contribution in [-0.2, 0) is 0 Å². The van der Waals surface area contributed by atoms with Gasteiger partial charge < -0.3 is 16.0 Å². The van der Waals surface area contributed by atoms with Gasteiger partial charge >= 0.3 is 0 Å². The predicted octanol–water partition coefficient (Wildman–Crippen LogP) is 4.96. The molecule has 0 aliphatic heterocycles. The Labute approximate surface area is 143 Å². The molecule has 0 fully saturated rings. The Morgan fingerprint density at radius 2 is 2.08 bits per heavy atom. The number of aromatic amines is 1. The number of H-pyrrole nitrogens is 1. The summed E-state index contributed by atoms with van der Waals surface area (Å²) in [5.41, 5.74) is 12.5. The Hall–Kier alpha value is -3.05. The fourth-order valence-electron chi connectivity index (χ4n) is 2.62. The maximum Gasteiger partial charge on any atom is 0.0931 e. The summed E-state index contributed by atoms with van der Waals surface area (Å²) in [5, 5.41) is 5.40. The fraction of sp³-hybridized carbons (Fsp3) is 0. The summed E-state index contributed by atoms with van der Waals surface area (Å²) in [4.78, 5) is 8.56. The van der Waals surface area contributed by atoms with Gasteiger partial charge in [0.2, 0.25) is 0 Å². The molecule has 24 heavy (non-hydrogen) atoms. The van der Waals surface area contributed by atoms with E-state index in [0.29, 0.717) is 5.69 Å². The first-order chi connectivity index (χ1) is 11.7. The van der Waals surface area contributed by atoms with Gasteiger partial charge in [-0.15, -0.1) is 11.3 Å². The van der Waals surface area contributed by atoms with Crippen LogP contribution in [0.5, 0.6) is 0 Å². The van der Waals surface area contributed by atoms with Crippen molar-refractivity contribution < 1.29 is 0 Å². The second kappa shape index (κ2) is 5.86. The largest absolute Gasteiger partial charge is 0.397 e. The van der Waals surface area contributed by atoms with Crippen molar-refractivity contribution in [3.8, 4) is 10.4 Å². The van der Waals surface area contributed by atoms with E-state index in [1.54, 1.807) is 17.7 Å². The Bertz CT molecular complexity index is 1010. The molecule has 0 unspecified atom stereocenters. The molecule has 0 aliphatic rings. The van der Waals surface area contributed by atoms with E-state index < -0.39 is 0 Å². The maximum atomic E-state index is 6.13. The molecule has 0 spiro atoms. The van der Waals surface area contributed by atoms with Crippen molar-refractivity contribution in [2.24, 2.45) is 0 Å². The first-order valence-corrected chi connectivity index (χ1v) is 8.41. The molecule has 0 amide bonds. The molecular formula is C19H16N4S. The molecule has 0 atom stereocenters. The maximum absolute atomic E-state index is 6.13. The van der Waals surface area contributed by atoms with E-state index in [0.717, 1.165) is 33.5 Å². The van der Waals surface area contributed by atoms with Gasteiger partial charge in [-0.2, -0.15) is 0 Å². The highest BCUT2D eigenvalue weighted by atomic mass is 32.1. The van der Waals surface area contributed by atoms with Crippen LogP contribution in [0.2, 0.25) is 0 Å². The first kappa shape index (κ1) is 14.5. The molecule has 0 bridgehead atoms. The number of nitrogens with one attached hydrogen (secondary N) is 2. The van der Waals surface area contributed by atoms with E-state index in [4.69, 9.17) is 5.73 Å². The molecular weight excluding hydrogens is 316 g/mol.